The number of methoxy groups -OCH3 is 1. The van der Waals surface area contributed by atoms with Crippen LogP contribution in [0.5, 0.6) is 11.5 Å². The minimum absolute atomic E-state index is 0.0606. The fourth-order valence-electron chi connectivity index (χ4n) is 2.67. The number of para-hydroxylation sites is 1. The van der Waals surface area contributed by atoms with E-state index in [0.29, 0.717) is 22.7 Å². The van der Waals surface area contributed by atoms with Crippen molar-refractivity contribution < 1.29 is 19.1 Å². The summed E-state index contributed by atoms with van der Waals surface area (Å²) in [5.74, 6) is 0.281. The highest BCUT2D eigenvalue weighted by Crippen LogP contribution is 2.32. The quantitative estimate of drug-likeness (QED) is 0.666. The Bertz CT molecular complexity index is 898. The Kier molecular flexibility index (Phi) is 4.90. The maximum Gasteiger partial charge on any atom is 0.282 e. The van der Waals surface area contributed by atoms with Crippen molar-refractivity contribution in [1.29, 1.82) is 0 Å². The van der Waals surface area contributed by atoms with Crippen LogP contribution >= 0.6 is 0 Å². The molecule has 0 saturated carbocycles. The van der Waals surface area contributed by atoms with Crippen LogP contribution in [0.25, 0.3) is 6.08 Å². The normalized spacial score (nSPS) is 15.9. The predicted octanol–water partition coefficient (Wildman–Crippen LogP) is 3.33. The molecule has 1 fully saturated rings. The van der Waals surface area contributed by atoms with Crippen LogP contribution in [0, 0.1) is 0 Å². The van der Waals surface area contributed by atoms with Gasteiger partial charge in [0, 0.05) is 0 Å². The van der Waals surface area contributed by atoms with Gasteiger partial charge in [-0.3, -0.25) is 15.0 Å². The van der Waals surface area contributed by atoms with Crippen molar-refractivity contribution in [3.05, 3.63) is 59.7 Å². The molecule has 2 aromatic rings. The Labute approximate surface area is 158 Å². The molecule has 1 aliphatic heterocycles. The molecule has 27 heavy (non-hydrogen) atoms. The number of ether oxygens (including phenoxy) is 2. The predicted molar refractivity (Wildman–Crippen MR) is 103 cm³/mol. The standard InChI is InChI=1S/C21H22N2O4/c1-21(2,3)27-17-11-10-14(13-18(17)26-4)12-16-19(24)22-23(20(16)25)15-8-6-5-7-9-15/h5-13H,1-4H3,(H,22,24)/b16-12-. The minimum Gasteiger partial charge on any atom is -0.493 e. The third kappa shape index (κ3) is 4.11. The number of carbonyl (C=O) groups is 2. The first-order valence-corrected chi connectivity index (χ1v) is 8.58. The molecule has 6 heteroatoms. The SMILES string of the molecule is COc1cc(/C=C2/C(=O)NN(c3ccccc3)C2=O)ccc1OC(C)(C)C. The first kappa shape index (κ1) is 18.5. The lowest BCUT2D eigenvalue weighted by molar-refractivity contribution is -0.117. The van der Waals surface area contributed by atoms with Crippen molar-refractivity contribution >= 4 is 23.6 Å². The van der Waals surface area contributed by atoms with Gasteiger partial charge in [0.1, 0.15) is 11.2 Å². The van der Waals surface area contributed by atoms with Gasteiger partial charge in [0.25, 0.3) is 11.8 Å². The van der Waals surface area contributed by atoms with Gasteiger partial charge in [-0.1, -0.05) is 24.3 Å². The summed E-state index contributed by atoms with van der Waals surface area (Å²) < 4.78 is 11.3. The molecular formula is C21H22N2O4. The molecule has 0 aliphatic carbocycles. The Hall–Kier alpha value is -3.28. The van der Waals surface area contributed by atoms with Gasteiger partial charge in [0.05, 0.1) is 12.8 Å². The molecule has 1 saturated heterocycles. The van der Waals surface area contributed by atoms with Gasteiger partial charge in [0.15, 0.2) is 11.5 Å². The zero-order valence-corrected chi connectivity index (χ0v) is 15.8. The van der Waals surface area contributed by atoms with E-state index in [2.05, 4.69) is 5.43 Å². The molecule has 6 nitrogen and oxygen atoms in total. The molecule has 0 bridgehead atoms. The monoisotopic (exact) mass is 366 g/mol. The van der Waals surface area contributed by atoms with E-state index in [4.69, 9.17) is 9.47 Å². The summed E-state index contributed by atoms with van der Waals surface area (Å²) in [6.45, 7) is 5.84. The van der Waals surface area contributed by atoms with E-state index in [1.807, 2.05) is 26.8 Å². The number of nitrogens with one attached hydrogen (secondary N) is 1. The lowest BCUT2D eigenvalue weighted by Crippen LogP contribution is -2.35. The van der Waals surface area contributed by atoms with Gasteiger partial charge in [-0.2, -0.15) is 0 Å². The van der Waals surface area contributed by atoms with Crippen LogP contribution in [-0.4, -0.2) is 24.5 Å². The maximum absolute atomic E-state index is 12.6. The summed E-state index contributed by atoms with van der Waals surface area (Å²) in [4.78, 5) is 24.9. The van der Waals surface area contributed by atoms with Crippen LogP contribution in [0.15, 0.2) is 54.1 Å². The van der Waals surface area contributed by atoms with Crippen LogP contribution < -0.4 is 19.9 Å². The van der Waals surface area contributed by atoms with Crippen molar-refractivity contribution in [2.45, 2.75) is 26.4 Å². The second kappa shape index (κ2) is 7.15. The number of amides is 2. The van der Waals surface area contributed by atoms with Gasteiger partial charge in [-0.25, -0.2) is 5.01 Å². The Morgan fingerprint density at radius 3 is 2.33 bits per heavy atom. The number of carbonyl (C=O) groups excluding carboxylic acids is 2. The number of rotatable bonds is 4. The van der Waals surface area contributed by atoms with Crippen LogP contribution in [-0.2, 0) is 9.59 Å². The van der Waals surface area contributed by atoms with E-state index in [-0.39, 0.29) is 11.2 Å². The first-order valence-electron chi connectivity index (χ1n) is 8.58. The molecule has 0 spiro atoms. The summed E-state index contributed by atoms with van der Waals surface area (Å²) >= 11 is 0. The van der Waals surface area contributed by atoms with Crippen LogP contribution in [0.3, 0.4) is 0 Å². The molecule has 0 atom stereocenters. The molecule has 2 aromatic carbocycles. The smallest absolute Gasteiger partial charge is 0.282 e. The number of nitrogens with zero attached hydrogens (tertiary/aromatic N) is 1. The topological polar surface area (TPSA) is 67.9 Å². The molecule has 1 heterocycles. The van der Waals surface area contributed by atoms with Gasteiger partial charge in [-0.05, 0) is 56.7 Å². The van der Waals surface area contributed by atoms with E-state index < -0.39 is 11.8 Å². The lowest BCUT2D eigenvalue weighted by atomic mass is 10.1. The zero-order valence-electron chi connectivity index (χ0n) is 15.8. The summed E-state index contributed by atoms with van der Waals surface area (Å²) in [7, 11) is 1.55. The van der Waals surface area contributed by atoms with E-state index in [1.54, 1.807) is 55.7 Å². The molecule has 3 rings (SSSR count). The van der Waals surface area contributed by atoms with Gasteiger partial charge < -0.3 is 9.47 Å². The van der Waals surface area contributed by atoms with E-state index in [1.165, 1.54) is 5.01 Å². The van der Waals surface area contributed by atoms with Gasteiger partial charge in [-0.15, -0.1) is 0 Å². The van der Waals surface area contributed by atoms with Gasteiger partial charge in [0.2, 0.25) is 0 Å². The van der Waals surface area contributed by atoms with E-state index >= 15 is 0 Å². The molecule has 140 valence electrons. The van der Waals surface area contributed by atoms with Crippen molar-refractivity contribution in [3.8, 4) is 11.5 Å². The zero-order chi connectivity index (χ0) is 19.6. The molecule has 1 aliphatic rings. The molecule has 0 aromatic heterocycles. The summed E-state index contributed by atoms with van der Waals surface area (Å²) in [6.07, 6.45) is 1.55. The lowest BCUT2D eigenvalue weighted by Gasteiger charge is -2.22. The minimum atomic E-state index is -0.446. The van der Waals surface area contributed by atoms with Crippen LogP contribution in [0.2, 0.25) is 0 Å². The Morgan fingerprint density at radius 1 is 1.00 bits per heavy atom. The highest BCUT2D eigenvalue weighted by Gasteiger charge is 2.34. The van der Waals surface area contributed by atoms with E-state index in [9.17, 15) is 9.59 Å². The van der Waals surface area contributed by atoms with Crippen molar-refractivity contribution in [2.75, 3.05) is 12.1 Å². The average Bonchev–Trinajstić information content (AvgIpc) is 2.90. The largest absolute Gasteiger partial charge is 0.493 e. The summed E-state index contributed by atoms with van der Waals surface area (Å²) in [5.41, 5.74) is 3.54. The second-order valence-corrected chi connectivity index (χ2v) is 7.10. The van der Waals surface area contributed by atoms with E-state index in [0.717, 1.165) is 0 Å². The third-order valence-electron chi connectivity index (χ3n) is 3.82. The Balaban J connectivity index is 1.90. The maximum atomic E-state index is 12.6. The molecule has 1 N–H and O–H groups in total. The van der Waals surface area contributed by atoms with Crippen LogP contribution in [0.1, 0.15) is 26.3 Å². The fraction of sp³-hybridized carbons (Fsp3) is 0.238. The highest BCUT2D eigenvalue weighted by molar-refractivity contribution is 6.31. The Morgan fingerprint density at radius 2 is 1.70 bits per heavy atom. The number of anilines is 1. The number of hydrazine groups is 1. The third-order valence-corrected chi connectivity index (χ3v) is 3.82. The van der Waals surface area contributed by atoms with Crippen molar-refractivity contribution in [1.82, 2.24) is 5.43 Å². The second-order valence-electron chi connectivity index (χ2n) is 7.10. The van der Waals surface area contributed by atoms with Crippen molar-refractivity contribution in [3.63, 3.8) is 0 Å². The molecule has 0 unspecified atom stereocenters. The summed E-state index contributed by atoms with van der Waals surface area (Å²) in [5, 5.41) is 1.24. The molecular weight excluding hydrogens is 344 g/mol. The molecule has 2 amide bonds. The van der Waals surface area contributed by atoms with Gasteiger partial charge >= 0.3 is 0 Å². The summed E-state index contributed by atoms with van der Waals surface area (Å²) in [6, 6.07) is 14.2. The van der Waals surface area contributed by atoms with Crippen molar-refractivity contribution in [2.24, 2.45) is 0 Å². The van der Waals surface area contributed by atoms with Crippen LogP contribution in [0.4, 0.5) is 5.69 Å². The fourth-order valence-corrected chi connectivity index (χ4v) is 2.67. The molecule has 0 radical (unpaired) electrons. The number of hydrogen-bond donors (Lipinski definition) is 1. The average molecular weight is 366 g/mol. The number of hydrogen-bond acceptors (Lipinski definition) is 4. The highest BCUT2D eigenvalue weighted by atomic mass is 16.5. The first-order chi connectivity index (χ1) is 12.8. The number of benzene rings is 2.